The summed E-state index contributed by atoms with van der Waals surface area (Å²) in [6.45, 7) is 1.79. The average Bonchev–Trinajstić information content (AvgIpc) is 1.90. The predicted octanol–water partition coefficient (Wildman–Crippen LogP) is -0.480. The van der Waals surface area contributed by atoms with Crippen LogP contribution in [0.1, 0.15) is 6.42 Å². The van der Waals surface area contributed by atoms with Crippen molar-refractivity contribution in [3.8, 4) is 0 Å². The smallest absolute Gasteiger partial charge is 0.0686 e. The normalized spacial score (nSPS) is 30.4. The zero-order valence-corrected chi connectivity index (χ0v) is 4.76. The SMILES string of the molecule is OCC1CCONC1. The van der Waals surface area contributed by atoms with Crippen molar-refractivity contribution in [2.75, 3.05) is 19.8 Å². The molecule has 0 radical (unpaired) electrons. The van der Waals surface area contributed by atoms with E-state index in [1.54, 1.807) is 0 Å². The van der Waals surface area contributed by atoms with E-state index in [2.05, 4.69) is 5.48 Å². The molecule has 1 heterocycles. The maximum absolute atomic E-state index is 8.60. The molecule has 48 valence electrons. The van der Waals surface area contributed by atoms with Crippen molar-refractivity contribution in [1.82, 2.24) is 5.48 Å². The molecule has 8 heavy (non-hydrogen) atoms. The molecule has 1 rings (SSSR count). The summed E-state index contributed by atoms with van der Waals surface area (Å²) in [6, 6.07) is 0. The molecule has 0 saturated carbocycles. The highest BCUT2D eigenvalue weighted by molar-refractivity contribution is 4.60. The van der Waals surface area contributed by atoms with E-state index in [1.165, 1.54) is 0 Å². The van der Waals surface area contributed by atoms with Crippen LogP contribution in [0, 0.1) is 5.92 Å². The van der Waals surface area contributed by atoms with E-state index in [0.717, 1.165) is 19.6 Å². The van der Waals surface area contributed by atoms with Gasteiger partial charge in [-0.25, -0.2) is 5.48 Å². The number of aliphatic hydroxyl groups excluding tert-OH is 1. The molecular formula is C5H11NO2. The first kappa shape index (κ1) is 6.01. The van der Waals surface area contributed by atoms with Crippen LogP contribution in [0.15, 0.2) is 0 Å². The lowest BCUT2D eigenvalue weighted by molar-refractivity contribution is -0.0209. The summed E-state index contributed by atoms with van der Waals surface area (Å²) in [4.78, 5) is 4.84. The summed E-state index contributed by atoms with van der Waals surface area (Å²) in [5, 5.41) is 8.60. The minimum absolute atomic E-state index is 0.274. The van der Waals surface area contributed by atoms with Gasteiger partial charge in [0, 0.05) is 13.2 Å². The summed E-state index contributed by atoms with van der Waals surface area (Å²) in [7, 11) is 0. The van der Waals surface area contributed by atoms with Crippen molar-refractivity contribution in [1.29, 1.82) is 0 Å². The van der Waals surface area contributed by atoms with Gasteiger partial charge in [0.25, 0.3) is 0 Å². The Labute approximate surface area is 48.6 Å². The number of nitrogens with one attached hydrogen (secondary N) is 1. The van der Waals surface area contributed by atoms with E-state index < -0.39 is 0 Å². The lowest BCUT2D eigenvalue weighted by atomic mass is 10.1. The largest absolute Gasteiger partial charge is 0.396 e. The van der Waals surface area contributed by atoms with Gasteiger partial charge >= 0.3 is 0 Å². The first-order valence-electron chi connectivity index (χ1n) is 2.89. The van der Waals surface area contributed by atoms with Crippen molar-refractivity contribution < 1.29 is 9.94 Å². The maximum atomic E-state index is 8.60. The Balaban J connectivity index is 2.13. The van der Waals surface area contributed by atoms with E-state index in [0.29, 0.717) is 5.92 Å². The molecule has 0 aromatic rings. The second-order valence-electron chi connectivity index (χ2n) is 2.03. The molecule has 1 aliphatic heterocycles. The van der Waals surface area contributed by atoms with E-state index in [1.807, 2.05) is 0 Å². The van der Waals surface area contributed by atoms with Gasteiger partial charge in [0.15, 0.2) is 0 Å². The number of hydroxylamine groups is 1. The maximum Gasteiger partial charge on any atom is 0.0686 e. The molecule has 3 heteroatoms. The fraction of sp³-hybridized carbons (Fsp3) is 1.00. The van der Waals surface area contributed by atoms with Crippen LogP contribution in [0.2, 0.25) is 0 Å². The average molecular weight is 117 g/mol. The fourth-order valence-corrected chi connectivity index (χ4v) is 0.732. The third kappa shape index (κ3) is 1.43. The lowest BCUT2D eigenvalue weighted by Gasteiger charge is -2.19. The first-order chi connectivity index (χ1) is 3.93. The number of rotatable bonds is 1. The van der Waals surface area contributed by atoms with Crippen molar-refractivity contribution in [3.63, 3.8) is 0 Å². The zero-order valence-electron chi connectivity index (χ0n) is 4.76. The second-order valence-corrected chi connectivity index (χ2v) is 2.03. The van der Waals surface area contributed by atoms with Gasteiger partial charge < -0.3 is 9.94 Å². The van der Waals surface area contributed by atoms with Crippen LogP contribution in [-0.4, -0.2) is 24.9 Å². The van der Waals surface area contributed by atoms with Crippen molar-refractivity contribution in [2.45, 2.75) is 6.42 Å². The van der Waals surface area contributed by atoms with Gasteiger partial charge in [-0.1, -0.05) is 0 Å². The highest BCUT2D eigenvalue weighted by Crippen LogP contribution is 2.03. The Morgan fingerprint density at radius 1 is 1.75 bits per heavy atom. The number of hydrogen-bond donors (Lipinski definition) is 2. The Morgan fingerprint density at radius 3 is 3.00 bits per heavy atom. The van der Waals surface area contributed by atoms with Gasteiger partial charge in [0.1, 0.15) is 0 Å². The van der Waals surface area contributed by atoms with Crippen molar-refractivity contribution in [3.05, 3.63) is 0 Å². The number of hydrogen-bond acceptors (Lipinski definition) is 3. The van der Waals surface area contributed by atoms with Crippen molar-refractivity contribution in [2.24, 2.45) is 5.92 Å². The van der Waals surface area contributed by atoms with Crippen LogP contribution in [-0.2, 0) is 4.84 Å². The van der Waals surface area contributed by atoms with E-state index >= 15 is 0 Å². The Hall–Kier alpha value is -0.120. The predicted molar refractivity (Wildman–Crippen MR) is 29.1 cm³/mol. The third-order valence-electron chi connectivity index (χ3n) is 1.36. The van der Waals surface area contributed by atoms with Crippen molar-refractivity contribution >= 4 is 0 Å². The number of aliphatic hydroxyl groups is 1. The van der Waals surface area contributed by atoms with Crippen LogP contribution < -0.4 is 5.48 Å². The van der Waals surface area contributed by atoms with Gasteiger partial charge in [-0.15, -0.1) is 0 Å². The Kier molecular flexibility index (Phi) is 2.27. The van der Waals surface area contributed by atoms with Gasteiger partial charge in [0.05, 0.1) is 6.61 Å². The lowest BCUT2D eigenvalue weighted by Crippen LogP contribution is -2.32. The van der Waals surface area contributed by atoms with Gasteiger partial charge in [-0.05, 0) is 12.3 Å². The van der Waals surface area contributed by atoms with Gasteiger partial charge in [-0.2, -0.15) is 0 Å². The highest BCUT2D eigenvalue weighted by atomic mass is 16.6. The summed E-state index contributed by atoms with van der Waals surface area (Å²) >= 11 is 0. The minimum atomic E-state index is 0.274. The summed E-state index contributed by atoms with van der Waals surface area (Å²) in [6.07, 6.45) is 0.976. The topological polar surface area (TPSA) is 41.5 Å². The molecule has 0 amide bonds. The Morgan fingerprint density at radius 2 is 2.62 bits per heavy atom. The van der Waals surface area contributed by atoms with Crippen LogP contribution in [0.4, 0.5) is 0 Å². The molecule has 1 aliphatic rings. The molecule has 1 unspecified atom stereocenters. The summed E-state index contributed by atoms with van der Waals surface area (Å²) < 4.78 is 0. The molecule has 1 saturated heterocycles. The molecule has 1 atom stereocenters. The zero-order chi connectivity index (χ0) is 5.82. The quantitative estimate of drug-likeness (QED) is 0.487. The Bertz CT molecular complexity index is 61.4. The van der Waals surface area contributed by atoms with E-state index in [9.17, 15) is 0 Å². The molecule has 0 bridgehead atoms. The van der Waals surface area contributed by atoms with Crippen LogP contribution in [0.3, 0.4) is 0 Å². The molecule has 0 aromatic carbocycles. The van der Waals surface area contributed by atoms with Crippen LogP contribution in [0.25, 0.3) is 0 Å². The van der Waals surface area contributed by atoms with Gasteiger partial charge in [-0.3, -0.25) is 0 Å². The molecule has 3 nitrogen and oxygen atoms in total. The second kappa shape index (κ2) is 3.02. The van der Waals surface area contributed by atoms with E-state index in [-0.39, 0.29) is 6.61 Å². The third-order valence-corrected chi connectivity index (χ3v) is 1.36. The molecule has 0 spiro atoms. The molecule has 0 aromatic heterocycles. The van der Waals surface area contributed by atoms with Crippen LogP contribution in [0.5, 0.6) is 0 Å². The summed E-state index contributed by atoms with van der Waals surface area (Å²) in [5.41, 5.74) is 2.73. The standard InChI is InChI=1S/C5H11NO2/c7-4-5-1-2-8-6-3-5/h5-7H,1-4H2. The highest BCUT2D eigenvalue weighted by Gasteiger charge is 2.10. The minimum Gasteiger partial charge on any atom is -0.396 e. The molecule has 1 fully saturated rings. The molecule has 2 N–H and O–H groups in total. The first-order valence-corrected chi connectivity index (χ1v) is 2.89. The molecule has 0 aliphatic carbocycles. The van der Waals surface area contributed by atoms with Crippen LogP contribution >= 0.6 is 0 Å². The van der Waals surface area contributed by atoms with Gasteiger partial charge in [0.2, 0.25) is 0 Å². The monoisotopic (exact) mass is 117 g/mol. The fourth-order valence-electron chi connectivity index (χ4n) is 0.732. The summed E-state index contributed by atoms with van der Waals surface area (Å²) in [5.74, 6) is 0.406. The molecular weight excluding hydrogens is 106 g/mol. The van der Waals surface area contributed by atoms with E-state index in [4.69, 9.17) is 9.94 Å².